The summed E-state index contributed by atoms with van der Waals surface area (Å²) in [5.41, 5.74) is 7.93. The molecular formula is C22H17N5O3. The van der Waals surface area contributed by atoms with E-state index >= 15 is 0 Å². The third-order valence-electron chi connectivity index (χ3n) is 4.83. The van der Waals surface area contributed by atoms with Gasteiger partial charge in [0.25, 0.3) is 5.56 Å². The molecule has 0 amide bonds. The van der Waals surface area contributed by atoms with E-state index in [0.29, 0.717) is 23.1 Å². The molecule has 8 nitrogen and oxygen atoms in total. The summed E-state index contributed by atoms with van der Waals surface area (Å²) in [6, 6.07) is 16.6. The van der Waals surface area contributed by atoms with Crippen LogP contribution in [0.2, 0.25) is 0 Å². The van der Waals surface area contributed by atoms with Gasteiger partial charge in [0.15, 0.2) is 5.69 Å². The molecular weight excluding hydrogens is 382 g/mol. The highest BCUT2D eigenvalue weighted by molar-refractivity contribution is 5.96. The van der Waals surface area contributed by atoms with Gasteiger partial charge in [-0.25, -0.2) is 9.78 Å². The van der Waals surface area contributed by atoms with Gasteiger partial charge in [-0.15, -0.1) is 0 Å². The van der Waals surface area contributed by atoms with Crippen LogP contribution in [0, 0.1) is 11.3 Å². The summed E-state index contributed by atoms with van der Waals surface area (Å²) in [7, 11) is 1.23. The minimum Gasteiger partial charge on any atom is -0.464 e. The molecule has 0 unspecified atom stereocenters. The number of benzene rings is 2. The lowest BCUT2D eigenvalue weighted by molar-refractivity contribution is 0.0593. The molecule has 30 heavy (non-hydrogen) atoms. The third-order valence-corrected chi connectivity index (χ3v) is 4.83. The van der Waals surface area contributed by atoms with E-state index in [2.05, 4.69) is 4.98 Å². The standard InChI is InChI=1S/C22H17N5O3/c1-30-22(29)20-19(24)15(10-23)12-27(20)16-7-8-18-17(9-16)21(28)26(13-25-18)11-14-5-3-2-4-6-14/h2-9,12-13H,11,24H2,1H3. The number of anilines is 1. The van der Waals surface area contributed by atoms with Crippen LogP contribution in [0.5, 0.6) is 0 Å². The summed E-state index contributed by atoms with van der Waals surface area (Å²) in [6.45, 7) is 0.384. The van der Waals surface area contributed by atoms with Crippen LogP contribution in [0.4, 0.5) is 5.69 Å². The second-order valence-corrected chi connectivity index (χ2v) is 6.64. The third kappa shape index (κ3) is 3.18. The minimum absolute atomic E-state index is 0.0251. The van der Waals surface area contributed by atoms with E-state index in [4.69, 9.17) is 10.5 Å². The van der Waals surface area contributed by atoms with Gasteiger partial charge in [-0.2, -0.15) is 5.26 Å². The number of carbonyl (C=O) groups excluding carboxylic acids is 1. The van der Waals surface area contributed by atoms with E-state index in [-0.39, 0.29) is 22.5 Å². The zero-order valence-corrected chi connectivity index (χ0v) is 16.1. The van der Waals surface area contributed by atoms with Crippen molar-refractivity contribution < 1.29 is 9.53 Å². The van der Waals surface area contributed by atoms with Crippen molar-refractivity contribution in [3.63, 3.8) is 0 Å². The van der Waals surface area contributed by atoms with Crippen molar-refractivity contribution in [1.82, 2.24) is 14.1 Å². The van der Waals surface area contributed by atoms with Crippen LogP contribution in [0.25, 0.3) is 16.6 Å². The van der Waals surface area contributed by atoms with Gasteiger partial charge in [-0.1, -0.05) is 30.3 Å². The molecule has 0 aliphatic carbocycles. The Hall–Kier alpha value is -4.38. The Balaban J connectivity index is 1.86. The minimum atomic E-state index is -0.679. The molecule has 0 bridgehead atoms. The van der Waals surface area contributed by atoms with Crippen molar-refractivity contribution in [2.24, 2.45) is 0 Å². The van der Waals surface area contributed by atoms with Gasteiger partial charge < -0.3 is 15.0 Å². The van der Waals surface area contributed by atoms with Crippen LogP contribution in [0.3, 0.4) is 0 Å². The molecule has 148 valence electrons. The largest absolute Gasteiger partial charge is 0.464 e. The first-order valence-corrected chi connectivity index (χ1v) is 9.06. The number of nitriles is 1. The summed E-state index contributed by atoms with van der Waals surface area (Å²) in [6.07, 6.45) is 2.96. The second kappa shape index (κ2) is 7.56. The van der Waals surface area contributed by atoms with Crippen molar-refractivity contribution >= 4 is 22.6 Å². The number of carbonyl (C=O) groups is 1. The van der Waals surface area contributed by atoms with Crippen molar-refractivity contribution in [1.29, 1.82) is 5.26 Å². The second-order valence-electron chi connectivity index (χ2n) is 6.64. The van der Waals surface area contributed by atoms with E-state index in [0.717, 1.165) is 5.56 Å². The number of hydrogen-bond donors (Lipinski definition) is 1. The maximum Gasteiger partial charge on any atom is 0.357 e. The summed E-state index contributed by atoms with van der Waals surface area (Å²) in [5.74, 6) is -0.679. The zero-order valence-electron chi connectivity index (χ0n) is 16.1. The number of nitrogens with two attached hydrogens (primary N) is 1. The van der Waals surface area contributed by atoms with Crippen molar-refractivity contribution in [2.45, 2.75) is 6.54 Å². The van der Waals surface area contributed by atoms with Crippen LogP contribution < -0.4 is 11.3 Å². The topological polar surface area (TPSA) is 116 Å². The van der Waals surface area contributed by atoms with Gasteiger partial charge >= 0.3 is 5.97 Å². The Morgan fingerprint density at radius 2 is 2.00 bits per heavy atom. The van der Waals surface area contributed by atoms with E-state index < -0.39 is 5.97 Å². The van der Waals surface area contributed by atoms with Crippen LogP contribution >= 0.6 is 0 Å². The maximum absolute atomic E-state index is 13.1. The monoisotopic (exact) mass is 399 g/mol. The molecule has 0 aliphatic heterocycles. The van der Waals surface area contributed by atoms with E-state index in [1.54, 1.807) is 18.2 Å². The highest BCUT2D eigenvalue weighted by Gasteiger charge is 2.22. The SMILES string of the molecule is COC(=O)c1c(N)c(C#N)cn1-c1ccc2ncn(Cc3ccccc3)c(=O)c2c1. The normalized spacial score (nSPS) is 10.7. The number of methoxy groups -OCH3 is 1. The van der Waals surface area contributed by atoms with Crippen LogP contribution in [0.1, 0.15) is 21.6 Å². The maximum atomic E-state index is 13.1. The van der Waals surface area contributed by atoms with Crippen LogP contribution in [0.15, 0.2) is 65.8 Å². The number of aromatic nitrogens is 3. The molecule has 0 aliphatic rings. The molecule has 0 atom stereocenters. The summed E-state index contributed by atoms with van der Waals surface area (Å²) in [4.78, 5) is 29.7. The molecule has 2 aromatic carbocycles. The first-order chi connectivity index (χ1) is 14.5. The smallest absolute Gasteiger partial charge is 0.357 e. The number of fused-ring (bicyclic) bond motifs is 1. The molecule has 0 saturated carbocycles. The predicted octanol–water partition coefficient (Wildman–Crippen LogP) is 2.48. The van der Waals surface area contributed by atoms with Gasteiger partial charge in [-0.05, 0) is 23.8 Å². The molecule has 0 radical (unpaired) electrons. The first kappa shape index (κ1) is 19.0. The number of ether oxygens (including phenoxy) is 1. The van der Waals surface area contributed by atoms with Gasteiger partial charge in [-0.3, -0.25) is 9.36 Å². The Morgan fingerprint density at radius 3 is 2.70 bits per heavy atom. The van der Waals surface area contributed by atoms with Gasteiger partial charge in [0, 0.05) is 11.9 Å². The summed E-state index contributed by atoms with van der Waals surface area (Å²) in [5, 5.41) is 9.67. The van der Waals surface area contributed by atoms with E-state index in [1.165, 1.54) is 28.8 Å². The van der Waals surface area contributed by atoms with Crippen molar-refractivity contribution in [3.05, 3.63) is 88.2 Å². The number of nitrogens with zero attached hydrogens (tertiary/aromatic N) is 4. The molecule has 0 spiro atoms. The lowest BCUT2D eigenvalue weighted by Crippen LogP contribution is -2.21. The average molecular weight is 399 g/mol. The zero-order chi connectivity index (χ0) is 21.3. The fourth-order valence-electron chi connectivity index (χ4n) is 3.31. The lowest BCUT2D eigenvalue weighted by Gasteiger charge is -2.11. The predicted molar refractivity (Wildman–Crippen MR) is 111 cm³/mol. The molecule has 2 N–H and O–H groups in total. The quantitative estimate of drug-likeness (QED) is 0.527. The summed E-state index contributed by atoms with van der Waals surface area (Å²) >= 11 is 0. The van der Waals surface area contributed by atoms with Crippen LogP contribution in [-0.2, 0) is 11.3 Å². The average Bonchev–Trinajstić information content (AvgIpc) is 3.12. The molecule has 0 fully saturated rings. The number of nitrogen functional groups attached to an aromatic ring is 1. The molecule has 4 aromatic rings. The lowest BCUT2D eigenvalue weighted by atomic mass is 10.2. The Bertz CT molecular complexity index is 1360. The number of hydrogen-bond acceptors (Lipinski definition) is 6. The molecule has 4 rings (SSSR count). The van der Waals surface area contributed by atoms with Crippen molar-refractivity contribution in [2.75, 3.05) is 12.8 Å². The fourth-order valence-corrected chi connectivity index (χ4v) is 3.31. The molecule has 2 heterocycles. The van der Waals surface area contributed by atoms with Gasteiger partial charge in [0.1, 0.15) is 6.07 Å². The Labute approximate surface area is 171 Å². The molecule has 8 heteroatoms. The highest BCUT2D eigenvalue weighted by atomic mass is 16.5. The Morgan fingerprint density at radius 1 is 1.23 bits per heavy atom. The van der Waals surface area contributed by atoms with E-state index in [9.17, 15) is 14.9 Å². The highest BCUT2D eigenvalue weighted by Crippen LogP contribution is 2.25. The van der Waals surface area contributed by atoms with Gasteiger partial charge in [0.2, 0.25) is 0 Å². The van der Waals surface area contributed by atoms with Crippen molar-refractivity contribution in [3.8, 4) is 11.8 Å². The fraction of sp³-hybridized carbons (Fsp3) is 0.0909. The molecule has 0 saturated heterocycles. The number of esters is 1. The van der Waals surface area contributed by atoms with Gasteiger partial charge in [0.05, 0.1) is 42.1 Å². The van der Waals surface area contributed by atoms with E-state index in [1.807, 2.05) is 36.4 Å². The van der Waals surface area contributed by atoms with Crippen LogP contribution in [-0.4, -0.2) is 27.2 Å². The number of rotatable bonds is 4. The first-order valence-electron chi connectivity index (χ1n) is 9.06. The summed E-state index contributed by atoms with van der Waals surface area (Å²) < 4.78 is 7.78. The molecule has 2 aromatic heterocycles. The Kier molecular flexibility index (Phi) is 4.78.